The first-order chi connectivity index (χ1) is 10.2. The lowest BCUT2D eigenvalue weighted by Gasteiger charge is -2.05. The number of thiazole rings is 1. The van der Waals surface area contributed by atoms with Crippen LogP contribution in [-0.2, 0) is 6.54 Å². The van der Waals surface area contributed by atoms with Crippen molar-refractivity contribution in [2.75, 3.05) is 6.61 Å². The molecule has 1 amide bonds. The van der Waals surface area contributed by atoms with Crippen molar-refractivity contribution in [2.24, 2.45) is 0 Å². The normalized spacial score (nSPS) is 9.81. The Morgan fingerprint density at radius 3 is 3.00 bits per heavy atom. The second-order valence-electron chi connectivity index (χ2n) is 4.12. The van der Waals surface area contributed by atoms with Gasteiger partial charge in [-0.1, -0.05) is 11.8 Å². The van der Waals surface area contributed by atoms with Gasteiger partial charge in [0.2, 0.25) is 0 Å². The van der Waals surface area contributed by atoms with Crippen molar-refractivity contribution < 1.29 is 14.3 Å². The summed E-state index contributed by atoms with van der Waals surface area (Å²) in [5.41, 5.74) is 2.12. The Labute approximate surface area is 125 Å². The van der Waals surface area contributed by atoms with Crippen LogP contribution in [0.3, 0.4) is 0 Å². The monoisotopic (exact) mass is 304 g/mol. The second kappa shape index (κ2) is 7.53. The first kappa shape index (κ1) is 15.2. The van der Waals surface area contributed by atoms with E-state index in [4.69, 9.17) is 5.11 Å². The number of halogens is 1. The third-order valence-corrected chi connectivity index (χ3v) is 3.37. The Kier molecular flexibility index (Phi) is 5.43. The van der Waals surface area contributed by atoms with Crippen molar-refractivity contribution in [1.82, 2.24) is 10.3 Å². The van der Waals surface area contributed by atoms with E-state index in [0.717, 1.165) is 4.88 Å². The molecule has 0 saturated heterocycles. The highest BCUT2D eigenvalue weighted by Gasteiger charge is 2.11. The Morgan fingerprint density at radius 2 is 2.33 bits per heavy atom. The number of hydrogen-bond donors (Lipinski definition) is 2. The second-order valence-corrected chi connectivity index (χ2v) is 5.09. The summed E-state index contributed by atoms with van der Waals surface area (Å²) in [6.07, 6.45) is 1.99. The van der Waals surface area contributed by atoms with E-state index in [-0.39, 0.29) is 12.2 Å². The number of nitrogens with one attached hydrogen (secondary N) is 1. The molecule has 0 spiro atoms. The molecule has 0 atom stereocenters. The number of aliphatic hydroxyl groups excluding tert-OH is 1. The number of rotatable bonds is 4. The van der Waals surface area contributed by atoms with Crippen molar-refractivity contribution in [1.29, 1.82) is 0 Å². The summed E-state index contributed by atoms with van der Waals surface area (Å²) in [7, 11) is 0. The van der Waals surface area contributed by atoms with E-state index in [9.17, 15) is 9.18 Å². The van der Waals surface area contributed by atoms with Crippen LogP contribution in [0.1, 0.15) is 27.2 Å². The molecule has 2 aromatic rings. The number of aromatic nitrogens is 1. The SMILES string of the molecule is O=C(NCc1cncs1)c1ccc(C#CCCO)cc1F. The minimum atomic E-state index is -0.618. The highest BCUT2D eigenvalue weighted by atomic mass is 32.1. The first-order valence-electron chi connectivity index (χ1n) is 6.25. The summed E-state index contributed by atoms with van der Waals surface area (Å²) in [5, 5.41) is 11.3. The van der Waals surface area contributed by atoms with E-state index in [1.54, 1.807) is 17.8 Å². The topological polar surface area (TPSA) is 62.2 Å². The Bertz CT molecular complexity index is 675. The number of aliphatic hydroxyl groups is 1. The maximum atomic E-state index is 13.9. The van der Waals surface area contributed by atoms with Crippen molar-refractivity contribution >= 4 is 17.2 Å². The molecule has 0 bridgehead atoms. The Hall–Kier alpha value is -2.23. The third-order valence-electron chi connectivity index (χ3n) is 2.59. The molecule has 0 aliphatic rings. The van der Waals surface area contributed by atoms with E-state index >= 15 is 0 Å². The third kappa shape index (κ3) is 4.38. The smallest absolute Gasteiger partial charge is 0.254 e. The lowest BCUT2D eigenvalue weighted by atomic mass is 10.1. The van der Waals surface area contributed by atoms with Crippen LogP contribution in [0.5, 0.6) is 0 Å². The van der Waals surface area contributed by atoms with Gasteiger partial charge in [-0.15, -0.1) is 11.3 Å². The summed E-state index contributed by atoms with van der Waals surface area (Å²) in [4.78, 5) is 16.7. The van der Waals surface area contributed by atoms with Crippen LogP contribution in [-0.4, -0.2) is 22.6 Å². The minimum absolute atomic E-state index is 0.0211. The van der Waals surface area contributed by atoms with Gasteiger partial charge in [-0.05, 0) is 18.2 Å². The molecule has 108 valence electrons. The predicted molar refractivity (Wildman–Crippen MR) is 78.3 cm³/mol. The van der Waals surface area contributed by atoms with Gasteiger partial charge in [0.25, 0.3) is 5.91 Å². The number of carbonyl (C=O) groups excluding carboxylic acids is 1. The van der Waals surface area contributed by atoms with Crippen LogP contribution >= 0.6 is 11.3 Å². The zero-order chi connectivity index (χ0) is 15.1. The fraction of sp³-hybridized carbons (Fsp3) is 0.200. The standard InChI is InChI=1S/C15H13FN2O2S/c16-14-7-11(3-1-2-6-19)4-5-13(14)15(20)18-9-12-8-17-10-21-12/h4-5,7-8,10,19H,2,6,9H2,(H,18,20). The van der Waals surface area contributed by atoms with Gasteiger partial charge in [0.1, 0.15) is 5.82 Å². The van der Waals surface area contributed by atoms with Gasteiger partial charge in [0.15, 0.2) is 0 Å². The van der Waals surface area contributed by atoms with E-state index in [0.29, 0.717) is 18.5 Å². The van der Waals surface area contributed by atoms with Crippen molar-refractivity contribution in [3.63, 3.8) is 0 Å². The molecule has 6 heteroatoms. The number of hydrogen-bond acceptors (Lipinski definition) is 4. The summed E-state index contributed by atoms with van der Waals surface area (Å²) >= 11 is 1.42. The fourth-order valence-corrected chi connectivity index (χ4v) is 2.12. The molecule has 0 unspecified atom stereocenters. The molecule has 1 heterocycles. The molecule has 2 rings (SSSR count). The summed E-state index contributed by atoms with van der Waals surface area (Å²) in [6.45, 7) is 0.286. The zero-order valence-corrected chi connectivity index (χ0v) is 11.9. The number of nitrogens with zero attached hydrogens (tertiary/aromatic N) is 1. The van der Waals surface area contributed by atoms with E-state index in [1.807, 2.05) is 0 Å². The van der Waals surface area contributed by atoms with E-state index in [2.05, 4.69) is 22.1 Å². The van der Waals surface area contributed by atoms with Gasteiger partial charge in [-0.25, -0.2) is 4.39 Å². The molecule has 0 fully saturated rings. The summed E-state index contributed by atoms with van der Waals surface area (Å²) < 4.78 is 13.9. The molecular weight excluding hydrogens is 291 g/mol. The van der Waals surface area contributed by atoms with Crippen LogP contribution < -0.4 is 5.32 Å². The molecular formula is C15H13FN2O2S. The van der Waals surface area contributed by atoms with Gasteiger partial charge in [-0.3, -0.25) is 9.78 Å². The van der Waals surface area contributed by atoms with Crippen LogP contribution in [0, 0.1) is 17.7 Å². The average molecular weight is 304 g/mol. The van der Waals surface area contributed by atoms with Crippen LogP contribution in [0.25, 0.3) is 0 Å². The van der Waals surface area contributed by atoms with Gasteiger partial charge < -0.3 is 10.4 Å². The highest BCUT2D eigenvalue weighted by molar-refractivity contribution is 7.09. The molecule has 0 saturated carbocycles. The zero-order valence-electron chi connectivity index (χ0n) is 11.1. The van der Waals surface area contributed by atoms with Crippen LogP contribution in [0.4, 0.5) is 4.39 Å². The maximum absolute atomic E-state index is 13.9. The lowest BCUT2D eigenvalue weighted by molar-refractivity contribution is 0.0947. The summed E-state index contributed by atoms with van der Waals surface area (Å²) in [5.74, 6) is 4.32. The number of amides is 1. The van der Waals surface area contributed by atoms with Crippen molar-refractivity contribution in [3.8, 4) is 11.8 Å². The van der Waals surface area contributed by atoms with Crippen molar-refractivity contribution in [2.45, 2.75) is 13.0 Å². The van der Waals surface area contributed by atoms with Crippen molar-refractivity contribution in [3.05, 3.63) is 51.7 Å². The molecule has 0 aliphatic carbocycles. The van der Waals surface area contributed by atoms with Crippen LogP contribution in [0.2, 0.25) is 0 Å². The number of benzene rings is 1. The maximum Gasteiger partial charge on any atom is 0.254 e. The van der Waals surface area contributed by atoms with Gasteiger partial charge in [0.05, 0.1) is 24.2 Å². The lowest BCUT2D eigenvalue weighted by Crippen LogP contribution is -2.23. The van der Waals surface area contributed by atoms with E-state index in [1.165, 1.54) is 23.5 Å². The first-order valence-corrected chi connectivity index (χ1v) is 7.13. The molecule has 0 aliphatic heterocycles. The average Bonchev–Trinajstić information content (AvgIpc) is 2.98. The quantitative estimate of drug-likeness (QED) is 0.849. The number of carbonyl (C=O) groups is 1. The van der Waals surface area contributed by atoms with Gasteiger partial charge in [0, 0.05) is 23.1 Å². The predicted octanol–water partition coefficient (Wildman–Crippen LogP) is 1.95. The molecule has 4 nitrogen and oxygen atoms in total. The molecule has 2 N–H and O–H groups in total. The molecule has 1 aromatic heterocycles. The molecule has 0 radical (unpaired) electrons. The fourth-order valence-electron chi connectivity index (χ4n) is 1.59. The molecule has 21 heavy (non-hydrogen) atoms. The van der Waals surface area contributed by atoms with Gasteiger partial charge in [-0.2, -0.15) is 0 Å². The Balaban J connectivity index is 2.03. The van der Waals surface area contributed by atoms with Crippen LogP contribution in [0.15, 0.2) is 29.9 Å². The highest BCUT2D eigenvalue weighted by Crippen LogP contribution is 2.11. The summed E-state index contributed by atoms with van der Waals surface area (Å²) in [6, 6.07) is 4.20. The largest absolute Gasteiger partial charge is 0.395 e. The minimum Gasteiger partial charge on any atom is -0.395 e. The van der Waals surface area contributed by atoms with Gasteiger partial charge >= 0.3 is 0 Å². The molecule has 1 aromatic carbocycles. The Morgan fingerprint density at radius 1 is 1.48 bits per heavy atom. The van der Waals surface area contributed by atoms with E-state index < -0.39 is 11.7 Å².